The molecule has 27 heavy (non-hydrogen) atoms. The molecular formula is C21H25N3O2S. The maximum absolute atomic E-state index is 13.0. The van der Waals surface area contributed by atoms with Crippen LogP contribution in [0.15, 0.2) is 24.3 Å². The molecule has 0 saturated carbocycles. The summed E-state index contributed by atoms with van der Waals surface area (Å²) in [5.74, 6) is 0.333. The van der Waals surface area contributed by atoms with Crippen LogP contribution in [0.5, 0.6) is 0 Å². The monoisotopic (exact) mass is 383 g/mol. The lowest BCUT2D eigenvalue weighted by Crippen LogP contribution is -2.68. The molecule has 2 amide bonds. The van der Waals surface area contributed by atoms with E-state index in [0.29, 0.717) is 13.1 Å². The van der Waals surface area contributed by atoms with Gasteiger partial charge in [-0.2, -0.15) is 0 Å². The van der Waals surface area contributed by atoms with Crippen molar-refractivity contribution >= 4 is 33.2 Å². The Balaban J connectivity index is 1.40. The molecule has 142 valence electrons. The average Bonchev–Trinajstić information content (AvgIpc) is 3.32. The van der Waals surface area contributed by atoms with Crippen molar-refractivity contribution < 1.29 is 9.59 Å². The molecule has 5 nitrogen and oxygen atoms in total. The van der Waals surface area contributed by atoms with Crippen molar-refractivity contribution in [3.8, 4) is 0 Å². The summed E-state index contributed by atoms with van der Waals surface area (Å²) in [7, 11) is 0. The van der Waals surface area contributed by atoms with Crippen molar-refractivity contribution in [1.82, 2.24) is 14.7 Å². The van der Waals surface area contributed by atoms with Gasteiger partial charge in [0.1, 0.15) is 12.1 Å². The predicted octanol–water partition coefficient (Wildman–Crippen LogP) is 2.48. The van der Waals surface area contributed by atoms with E-state index in [1.807, 2.05) is 21.1 Å². The highest BCUT2D eigenvalue weighted by atomic mass is 32.1. The van der Waals surface area contributed by atoms with Crippen LogP contribution >= 0.6 is 11.3 Å². The van der Waals surface area contributed by atoms with Crippen LogP contribution < -0.4 is 0 Å². The number of carbonyl (C=O) groups is 2. The minimum absolute atomic E-state index is 0.160. The van der Waals surface area contributed by atoms with Crippen LogP contribution in [-0.2, 0) is 22.6 Å². The Kier molecular flexibility index (Phi) is 4.20. The Morgan fingerprint density at radius 2 is 1.81 bits per heavy atom. The molecule has 0 bridgehead atoms. The second-order valence-corrected chi connectivity index (χ2v) is 8.96. The number of thiophene rings is 1. The Bertz CT molecular complexity index is 908. The second kappa shape index (κ2) is 6.60. The summed E-state index contributed by atoms with van der Waals surface area (Å²) in [6, 6.07) is 8.12. The fourth-order valence-electron chi connectivity index (χ4n) is 4.96. The number of carbonyl (C=O) groups excluding carboxylic acids is 2. The van der Waals surface area contributed by atoms with E-state index in [1.54, 1.807) is 0 Å². The van der Waals surface area contributed by atoms with Gasteiger partial charge >= 0.3 is 0 Å². The summed E-state index contributed by atoms with van der Waals surface area (Å²) in [4.78, 5) is 33.3. The fourth-order valence-corrected chi connectivity index (χ4v) is 6.12. The zero-order valence-electron chi connectivity index (χ0n) is 15.7. The van der Waals surface area contributed by atoms with Gasteiger partial charge in [-0.3, -0.25) is 14.5 Å². The molecule has 2 atom stereocenters. The summed E-state index contributed by atoms with van der Waals surface area (Å²) in [5.41, 5.74) is 1.40. The third kappa shape index (κ3) is 2.69. The van der Waals surface area contributed by atoms with E-state index in [0.717, 1.165) is 38.9 Å². The highest BCUT2D eigenvalue weighted by Gasteiger charge is 2.49. The molecule has 3 fully saturated rings. The quantitative estimate of drug-likeness (QED) is 0.818. The molecule has 5 rings (SSSR count). The molecule has 0 aliphatic carbocycles. The zero-order valence-corrected chi connectivity index (χ0v) is 16.5. The normalized spacial score (nSPS) is 26.0. The molecule has 0 spiro atoms. The molecule has 1 aromatic heterocycles. The fraction of sp³-hybridized carbons (Fsp3) is 0.524. The van der Waals surface area contributed by atoms with Gasteiger partial charge in [0.15, 0.2) is 0 Å². The molecule has 3 aliphatic heterocycles. The van der Waals surface area contributed by atoms with Crippen molar-refractivity contribution in [3.63, 3.8) is 0 Å². The molecule has 0 radical (unpaired) electrons. The van der Waals surface area contributed by atoms with Crippen molar-refractivity contribution in [1.29, 1.82) is 0 Å². The van der Waals surface area contributed by atoms with Crippen molar-refractivity contribution in [2.24, 2.45) is 0 Å². The molecule has 6 heteroatoms. The highest BCUT2D eigenvalue weighted by Crippen LogP contribution is 2.34. The number of nitrogens with zero attached hydrogens (tertiary/aromatic N) is 3. The van der Waals surface area contributed by atoms with Crippen LogP contribution in [0.3, 0.4) is 0 Å². The topological polar surface area (TPSA) is 43.9 Å². The number of aryl methyl sites for hydroxylation is 1. The predicted molar refractivity (Wildman–Crippen MR) is 107 cm³/mol. The molecule has 4 heterocycles. The number of amides is 2. The molecule has 0 N–H and O–H groups in total. The number of piperazine rings is 2. The Morgan fingerprint density at radius 1 is 1.04 bits per heavy atom. The number of rotatable bonds is 3. The summed E-state index contributed by atoms with van der Waals surface area (Å²) in [5, 5.41) is 1.34. The maximum atomic E-state index is 13.0. The molecule has 1 aromatic carbocycles. The van der Waals surface area contributed by atoms with Gasteiger partial charge in [-0.1, -0.05) is 25.1 Å². The maximum Gasteiger partial charge on any atom is 0.247 e. The van der Waals surface area contributed by atoms with Crippen LogP contribution in [0.2, 0.25) is 0 Å². The van der Waals surface area contributed by atoms with Gasteiger partial charge in [0, 0.05) is 42.3 Å². The Morgan fingerprint density at radius 3 is 2.67 bits per heavy atom. The third-order valence-electron chi connectivity index (χ3n) is 6.34. The number of hydrogen-bond donors (Lipinski definition) is 0. The number of fused-ring (bicyclic) bond motifs is 3. The first-order chi connectivity index (χ1) is 13.2. The van der Waals surface area contributed by atoms with Crippen LogP contribution in [-0.4, -0.2) is 64.8 Å². The lowest BCUT2D eigenvalue weighted by atomic mass is 10.0. The summed E-state index contributed by atoms with van der Waals surface area (Å²) < 4.78 is 1.34. The lowest BCUT2D eigenvalue weighted by Gasteiger charge is -2.47. The largest absolute Gasteiger partial charge is 0.329 e. The Labute approximate surface area is 163 Å². The first-order valence-electron chi connectivity index (χ1n) is 10.00. The van der Waals surface area contributed by atoms with E-state index in [2.05, 4.69) is 36.1 Å². The standard InChI is InChI=1S/C21H25N3O2S/c1-2-18-15(14-6-3-4-8-19(14)27-18)12-22-10-11-24-17(13-22)21(26)23-9-5-7-16(23)20(24)25/h3-4,6,8,16-17H,2,5,7,9-13H2,1H3. The molecule has 2 unspecified atom stereocenters. The molecule has 3 aliphatic rings. The third-order valence-corrected chi connectivity index (χ3v) is 7.70. The van der Waals surface area contributed by atoms with Crippen LogP contribution in [0.4, 0.5) is 0 Å². The summed E-state index contributed by atoms with van der Waals surface area (Å²) in [6.07, 6.45) is 2.82. The van der Waals surface area contributed by atoms with Gasteiger partial charge < -0.3 is 9.80 Å². The number of hydrogen-bond acceptors (Lipinski definition) is 4. The lowest BCUT2D eigenvalue weighted by molar-refractivity contribution is -0.163. The molecule has 3 saturated heterocycles. The van der Waals surface area contributed by atoms with Gasteiger partial charge in [-0.05, 0) is 36.3 Å². The van der Waals surface area contributed by atoms with Crippen LogP contribution in [0, 0.1) is 0 Å². The van der Waals surface area contributed by atoms with Crippen LogP contribution in [0.25, 0.3) is 10.1 Å². The van der Waals surface area contributed by atoms with Gasteiger partial charge in [-0.15, -0.1) is 11.3 Å². The van der Waals surface area contributed by atoms with Gasteiger partial charge in [0.2, 0.25) is 11.8 Å². The Hall–Kier alpha value is -1.92. The van der Waals surface area contributed by atoms with Crippen molar-refractivity contribution in [2.45, 2.75) is 44.8 Å². The summed E-state index contributed by atoms with van der Waals surface area (Å²) in [6.45, 7) is 5.99. The molecular weight excluding hydrogens is 358 g/mol. The molecule has 2 aromatic rings. The van der Waals surface area contributed by atoms with Gasteiger partial charge in [-0.25, -0.2) is 0 Å². The van der Waals surface area contributed by atoms with Crippen molar-refractivity contribution in [3.05, 3.63) is 34.7 Å². The van der Waals surface area contributed by atoms with E-state index in [4.69, 9.17) is 0 Å². The average molecular weight is 384 g/mol. The van der Waals surface area contributed by atoms with Crippen LogP contribution in [0.1, 0.15) is 30.2 Å². The smallest absolute Gasteiger partial charge is 0.247 e. The van der Waals surface area contributed by atoms with Gasteiger partial charge in [0.05, 0.1) is 0 Å². The van der Waals surface area contributed by atoms with Gasteiger partial charge in [0.25, 0.3) is 0 Å². The van der Waals surface area contributed by atoms with E-state index >= 15 is 0 Å². The van der Waals surface area contributed by atoms with E-state index < -0.39 is 0 Å². The minimum atomic E-state index is -0.296. The first-order valence-corrected chi connectivity index (χ1v) is 10.8. The number of benzene rings is 1. The summed E-state index contributed by atoms with van der Waals surface area (Å²) >= 11 is 1.88. The minimum Gasteiger partial charge on any atom is -0.329 e. The van der Waals surface area contributed by atoms with E-state index in [-0.39, 0.29) is 23.9 Å². The first kappa shape index (κ1) is 17.2. The SMILES string of the molecule is CCc1sc2ccccc2c1CN1CCN2C(=O)C3CCCN3C(=O)C2C1. The van der Waals surface area contributed by atoms with Crippen molar-refractivity contribution in [2.75, 3.05) is 26.2 Å². The van der Waals surface area contributed by atoms with E-state index in [1.165, 1.54) is 20.5 Å². The zero-order chi connectivity index (χ0) is 18.5. The second-order valence-electron chi connectivity index (χ2n) is 7.83. The highest BCUT2D eigenvalue weighted by molar-refractivity contribution is 7.19. The van der Waals surface area contributed by atoms with E-state index in [9.17, 15) is 9.59 Å².